The quantitative estimate of drug-likeness (QED) is 0.683. The van der Waals surface area contributed by atoms with Crippen molar-refractivity contribution < 1.29 is 14.0 Å². The molecule has 1 aromatic heterocycles. The minimum atomic E-state index is -0.678. The van der Waals surface area contributed by atoms with Crippen molar-refractivity contribution in [2.24, 2.45) is 5.73 Å². The molecule has 0 spiro atoms. The fourth-order valence-electron chi connectivity index (χ4n) is 0.745. The molecule has 1 heterocycles. The van der Waals surface area contributed by atoms with Crippen LogP contribution >= 0.6 is 0 Å². The molecule has 0 aliphatic rings. The average molecular weight is 182 g/mol. The van der Waals surface area contributed by atoms with E-state index in [-0.39, 0.29) is 5.91 Å². The summed E-state index contributed by atoms with van der Waals surface area (Å²) in [5.74, 6) is -0.947. The number of carbonyl (C=O) groups excluding carboxylic acids is 2. The number of furan rings is 1. The minimum absolute atomic E-state index is 0.369. The number of primary amides is 1. The van der Waals surface area contributed by atoms with Crippen LogP contribution in [0, 0.1) is 0 Å². The molecule has 0 aliphatic carbocycles. The van der Waals surface area contributed by atoms with Crippen LogP contribution in [-0.4, -0.2) is 17.9 Å². The van der Waals surface area contributed by atoms with Crippen molar-refractivity contribution in [3.8, 4) is 0 Å². The second kappa shape index (κ2) is 3.75. The van der Waals surface area contributed by atoms with Gasteiger partial charge in [-0.05, 0) is 13.0 Å². The van der Waals surface area contributed by atoms with Crippen LogP contribution < -0.4 is 11.1 Å². The molecule has 70 valence electrons. The van der Waals surface area contributed by atoms with E-state index in [2.05, 4.69) is 5.32 Å². The molecule has 5 heteroatoms. The molecular weight excluding hydrogens is 172 g/mol. The molecule has 0 bridgehead atoms. The number of carbonyl (C=O) groups is 2. The van der Waals surface area contributed by atoms with Crippen molar-refractivity contribution in [1.82, 2.24) is 5.32 Å². The lowest BCUT2D eigenvalue weighted by Crippen LogP contribution is -2.42. The molecule has 3 N–H and O–H groups in total. The molecule has 13 heavy (non-hydrogen) atoms. The monoisotopic (exact) mass is 182 g/mol. The van der Waals surface area contributed by atoms with Crippen molar-refractivity contribution in [1.29, 1.82) is 0 Å². The largest absolute Gasteiger partial charge is 0.472 e. The van der Waals surface area contributed by atoms with E-state index in [0.29, 0.717) is 5.56 Å². The summed E-state index contributed by atoms with van der Waals surface area (Å²) in [6, 6.07) is 0.825. The fraction of sp³-hybridized carbons (Fsp3) is 0.250. The smallest absolute Gasteiger partial charge is 0.255 e. The summed E-state index contributed by atoms with van der Waals surface area (Å²) >= 11 is 0. The normalized spacial score (nSPS) is 12.1. The van der Waals surface area contributed by atoms with E-state index in [0.717, 1.165) is 0 Å². The summed E-state index contributed by atoms with van der Waals surface area (Å²) in [4.78, 5) is 21.8. The summed E-state index contributed by atoms with van der Waals surface area (Å²) in [5, 5.41) is 2.41. The van der Waals surface area contributed by atoms with Gasteiger partial charge < -0.3 is 15.5 Å². The third-order valence-corrected chi connectivity index (χ3v) is 1.56. The highest BCUT2D eigenvalue weighted by molar-refractivity contribution is 5.96. The van der Waals surface area contributed by atoms with Crippen molar-refractivity contribution in [3.05, 3.63) is 24.2 Å². The summed E-state index contributed by atoms with van der Waals surface area (Å²) < 4.78 is 4.70. The van der Waals surface area contributed by atoms with Crippen molar-refractivity contribution in [2.45, 2.75) is 13.0 Å². The molecule has 1 aromatic rings. The highest BCUT2D eigenvalue weighted by Gasteiger charge is 2.13. The van der Waals surface area contributed by atoms with E-state index < -0.39 is 11.9 Å². The van der Waals surface area contributed by atoms with Gasteiger partial charge in [0.05, 0.1) is 11.8 Å². The molecule has 0 fully saturated rings. The minimum Gasteiger partial charge on any atom is -0.472 e. The molecule has 0 aromatic carbocycles. The lowest BCUT2D eigenvalue weighted by Gasteiger charge is -2.07. The molecular formula is C8H10N2O3. The van der Waals surface area contributed by atoms with Crippen molar-refractivity contribution >= 4 is 11.8 Å². The van der Waals surface area contributed by atoms with E-state index in [1.807, 2.05) is 0 Å². The van der Waals surface area contributed by atoms with Crippen molar-refractivity contribution in [2.75, 3.05) is 0 Å². The molecule has 0 unspecified atom stereocenters. The van der Waals surface area contributed by atoms with Gasteiger partial charge in [0.15, 0.2) is 0 Å². The second-order valence-corrected chi connectivity index (χ2v) is 2.61. The summed E-state index contributed by atoms with van der Waals surface area (Å²) in [7, 11) is 0. The number of nitrogens with two attached hydrogens (primary N) is 1. The first kappa shape index (κ1) is 9.31. The van der Waals surface area contributed by atoms with E-state index in [1.54, 1.807) is 0 Å². The first-order valence-electron chi connectivity index (χ1n) is 3.73. The van der Waals surface area contributed by atoms with Gasteiger partial charge in [0.1, 0.15) is 12.3 Å². The van der Waals surface area contributed by atoms with E-state index in [4.69, 9.17) is 10.2 Å². The molecule has 1 atom stereocenters. The van der Waals surface area contributed by atoms with Gasteiger partial charge in [-0.1, -0.05) is 0 Å². The molecule has 0 radical (unpaired) electrons. The maximum absolute atomic E-state index is 11.2. The zero-order valence-corrected chi connectivity index (χ0v) is 7.11. The molecule has 0 saturated heterocycles. The van der Waals surface area contributed by atoms with E-state index in [9.17, 15) is 9.59 Å². The second-order valence-electron chi connectivity index (χ2n) is 2.61. The Kier molecular flexibility index (Phi) is 2.69. The Balaban J connectivity index is 2.56. The topological polar surface area (TPSA) is 85.3 Å². The van der Waals surface area contributed by atoms with Crippen LogP contribution in [0.2, 0.25) is 0 Å². The van der Waals surface area contributed by atoms with E-state index >= 15 is 0 Å². The lowest BCUT2D eigenvalue weighted by molar-refractivity contribution is -0.119. The molecule has 2 amide bonds. The van der Waals surface area contributed by atoms with Gasteiger partial charge in [-0.15, -0.1) is 0 Å². The predicted molar refractivity (Wildman–Crippen MR) is 44.8 cm³/mol. The highest BCUT2D eigenvalue weighted by Crippen LogP contribution is 1.99. The van der Waals surface area contributed by atoms with Gasteiger partial charge in [0.2, 0.25) is 5.91 Å². The summed E-state index contributed by atoms with van der Waals surface area (Å²) in [5.41, 5.74) is 5.33. The zero-order chi connectivity index (χ0) is 9.84. The molecule has 0 aliphatic heterocycles. The maximum atomic E-state index is 11.2. The molecule has 5 nitrogen and oxygen atoms in total. The van der Waals surface area contributed by atoms with Crippen LogP contribution in [-0.2, 0) is 4.79 Å². The Morgan fingerprint density at radius 2 is 2.31 bits per heavy atom. The fourth-order valence-corrected chi connectivity index (χ4v) is 0.745. The van der Waals surface area contributed by atoms with Gasteiger partial charge in [-0.25, -0.2) is 0 Å². The van der Waals surface area contributed by atoms with Gasteiger partial charge in [-0.3, -0.25) is 9.59 Å². The SMILES string of the molecule is C[C@H](NC(=O)c1ccoc1)C(N)=O. The van der Waals surface area contributed by atoms with Crippen LogP contribution in [0.5, 0.6) is 0 Å². The van der Waals surface area contributed by atoms with Crippen molar-refractivity contribution in [3.63, 3.8) is 0 Å². The number of hydrogen-bond acceptors (Lipinski definition) is 3. The summed E-state index contributed by atoms with van der Waals surface area (Å²) in [6.07, 6.45) is 2.67. The number of nitrogens with one attached hydrogen (secondary N) is 1. The summed E-state index contributed by atoms with van der Waals surface area (Å²) in [6.45, 7) is 1.51. The predicted octanol–water partition coefficient (Wildman–Crippen LogP) is -0.117. The standard InChI is InChI=1S/C8H10N2O3/c1-5(7(9)11)10-8(12)6-2-3-13-4-6/h2-5H,1H3,(H2,9,11)(H,10,12)/t5-/m0/s1. The Morgan fingerprint density at radius 1 is 1.62 bits per heavy atom. The Labute approximate surface area is 74.9 Å². The van der Waals surface area contributed by atoms with Crippen LogP contribution in [0.1, 0.15) is 17.3 Å². The maximum Gasteiger partial charge on any atom is 0.255 e. The first-order chi connectivity index (χ1) is 6.11. The Morgan fingerprint density at radius 3 is 2.77 bits per heavy atom. The molecule has 1 rings (SSSR count). The van der Waals surface area contributed by atoms with Gasteiger partial charge in [0, 0.05) is 0 Å². The zero-order valence-electron chi connectivity index (χ0n) is 7.11. The van der Waals surface area contributed by atoms with Crippen LogP contribution in [0.25, 0.3) is 0 Å². The number of hydrogen-bond donors (Lipinski definition) is 2. The van der Waals surface area contributed by atoms with Gasteiger partial charge in [-0.2, -0.15) is 0 Å². The Hall–Kier alpha value is -1.78. The first-order valence-corrected chi connectivity index (χ1v) is 3.73. The number of rotatable bonds is 3. The van der Waals surface area contributed by atoms with Gasteiger partial charge >= 0.3 is 0 Å². The number of amides is 2. The Bertz CT molecular complexity index is 305. The third kappa shape index (κ3) is 2.33. The third-order valence-electron chi connectivity index (χ3n) is 1.56. The van der Waals surface area contributed by atoms with Gasteiger partial charge in [0.25, 0.3) is 5.91 Å². The molecule has 0 saturated carbocycles. The lowest BCUT2D eigenvalue weighted by atomic mass is 10.2. The van der Waals surface area contributed by atoms with Crippen LogP contribution in [0.3, 0.4) is 0 Å². The van der Waals surface area contributed by atoms with Crippen LogP contribution in [0.4, 0.5) is 0 Å². The highest BCUT2D eigenvalue weighted by atomic mass is 16.3. The average Bonchev–Trinajstić information content (AvgIpc) is 2.55. The van der Waals surface area contributed by atoms with Crippen LogP contribution in [0.15, 0.2) is 23.0 Å². The van der Waals surface area contributed by atoms with E-state index in [1.165, 1.54) is 25.5 Å².